The van der Waals surface area contributed by atoms with E-state index in [2.05, 4.69) is 5.32 Å². The van der Waals surface area contributed by atoms with Crippen LogP contribution in [0.2, 0.25) is 0 Å². The number of allylic oxidation sites excluding steroid dienone is 1. The molecule has 0 spiro atoms. The van der Waals surface area contributed by atoms with E-state index in [1.54, 1.807) is 37.5 Å². The highest BCUT2D eigenvalue weighted by Crippen LogP contribution is 2.35. The van der Waals surface area contributed by atoms with Gasteiger partial charge in [0.1, 0.15) is 17.2 Å². The smallest absolute Gasteiger partial charge is 0.303 e. The first-order valence-corrected chi connectivity index (χ1v) is 9.30. The summed E-state index contributed by atoms with van der Waals surface area (Å²) in [4.78, 5) is 34.8. The van der Waals surface area contributed by atoms with Crippen LogP contribution in [0.1, 0.15) is 28.8 Å². The average Bonchev–Trinajstić information content (AvgIpc) is 3.04. The maximum atomic E-state index is 12.6. The predicted octanol–water partition coefficient (Wildman–Crippen LogP) is 2.67. The minimum Gasteiger partial charge on any atom is -0.496 e. The number of carboxylic acid groups (broad SMARTS) is 1. The first kappa shape index (κ1) is 20.9. The molecule has 0 aromatic heterocycles. The van der Waals surface area contributed by atoms with Crippen molar-refractivity contribution in [2.45, 2.75) is 12.8 Å². The lowest BCUT2D eigenvalue weighted by Crippen LogP contribution is -2.29. The summed E-state index contributed by atoms with van der Waals surface area (Å²) in [5.41, 5.74) is 1.12. The normalized spacial score (nSPS) is 13.5. The quantitative estimate of drug-likeness (QED) is 0.482. The molecule has 1 amide bonds. The number of hydrogen-bond acceptors (Lipinski definition) is 6. The second kappa shape index (κ2) is 9.60. The molecule has 0 bridgehead atoms. The Hall–Kier alpha value is -3.81. The van der Waals surface area contributed by atoms with E-state index in [0.29, 0.717) is 34.8 Å². The zero-order valence-corrected chi connectivity index (χ0v) is 16.3. The molecule has 2 aromatic rings. The molecule has 0 unspecified atom stereocenters. The fraction of sp³-hybridized carbons (Fsp3) is 0.227. The number of para-hydroxylation sites is 1. The van der Waals surface area contributed by atoms with Gasteiger partial charge in [-0.05, 0) is 30.7 Å². The molecule has 1 aliphatic rings. The Bertz CT molecular complexity index is 997. The maximum absolute atomic E-state index is 12.6. The molecule has 8 heteroatoms. The van der Waals surface area contributed by atoms with Crippen LogP contribution in [-0.4, -0.2) is 43.0 Å². The number of hydrogen-bond donors (Lipinski definition) is 2. The third-order valence-electron chi connectivity index (χ3n) is 4.33. The van der Waals surface area contributed by atoms with Crippen LogP contribution >= 0.6 is 0 Å². The second-order valence-electron chi connectivity index (χ2n) is 6.48. The summed E-state index contributed by atoms with van der Waals surface area (Å²) in [6.07, 6.45) is 1.95. The summed E-state index contributed by atoms with van der Waals surface area (Å²) in [6.45, 7) is 0.0249. The molecule has 0 aliphatic carbocycles. The van der Waals surface area contributed by atoms with Gasteiger partial charge in [0.15, 0.2) is 12.4 Å². The first-order valence-electron chi connectivity index (χ1n) is 9.30. The number of rotatable bonds is 9. The average molecular weight is 411 g/mol. The van der Waals surface area contributed by atoms with E-state index in [1.807, 2.05) is 18.2 Å². The number of Topliss-reactive ketones (excluding diaryl/α,β-unsaturated/α-hetero) is 1. The van der Waals surface area contributed by atoms with E-state index < -0.39 is 5.97 Å². The number of aliphatic carboxylic acids is 1. The Morgan fingerprint density at radius 1 is 1.20 bits per heavy atom. The Morgan fingerprint density at radius 2 is 2.00 bits per heavy atom. The number of amides is 1. The number of carbonyl (C=O) groups is 3. The molecular formula is C22H21NO7. The van der Waals surface area contributed by atoms with Gasteiger partial charge in [0.25, 0.3) is 5.91 Å². The summed E-state index contributed by atoms with van der Waals surface area (Å²) in [7, 11) is 1.55. The number of fused-ring (bicyclic) bond motifs is 1. The molecule has 0 fully saturated rings. The molecule has 0 saturated heterocycles. The van der Waals surface area contributed by atoms with E-state index in [-0.39, 0.29) is 37.0 Å². The third kappa shape index (κ3) is 5.16. The Labute approximate surface area is 173 Å². The van der Waals surface area contributed by atoms with Gasteiger partial charge < -0.3 is 24.6 Å². The largest absolute Gasteiger partial charge is 0.496 e. The highest BCUT2D eigenvalue weighted by molar-refractivity contribution is 6.14. The number of methoxy groups -OCH3 is 1. The van der Waals surface area contributed by atoms with Gasteiger partial charge in [0.05, 0.1) is 12.7 Å². The lowest BCUT2D eigenvalue weighted by molar-refractivity contribution is -0.137. The van der Waals surface area contributed by atoms with Crippen molar-refractivity contribution in [2.24, 2.45) is 0 Å². The Balaban J connectivity index is 1.61. The molecule has 30 heavy (non-hydrogen) atoms. The molecule has 0 atom stereocenters. The first-order chi connectivity index (χ1) is 14.5. The number of carboxylic acids is 1. The van der Waals surface area contributed by atoms with E-state index in [1.165, 1.54) is 0 Å². The Kier molecular flexibility index (Phi) is 6.69. The van der Waals surface area contributed by atoms with E-state index in [4.69, 9.17) is 19.3 Å². The van der Waals surface area contributed by atoms with Crippen LogP contribution in [-0.2, 0) is 9.59 Å². The summed E-state index contributed by atoms with van der Waals surface area (Å²) < 4.78 is 16.4. The van der Waals surface area contributed by atoms with Crippen LogP contribution in [0.4, 0.5) is 0 Å². The Morgan fingerprint density at radius 3 is 2.77 bits per heavy atom. The number of ketones is 1. The summed E-state index contributed by atoms with van der Waals surface area (Å²) in [6, 6.07) is 12.0. The monoisotopic (exact) mass is 411 g/mol. The molecule has 156 valence electrons. The standard InChI is InChI=1S/C22H21NO7/c1-28-17-6-3-2-5-14(17)11-19-22(27)16-9-8-15(12-18(16)30-19)29-13-20(24)23-10-4-7-21(25)26/h2-3,5-6,8-9,11-12H,4,7,10,13H2,1H3,(H,23,24)(H,25,26). The fourth-order valence-electron chi connectivity index (χ4n) is 2.85. The van der Waals surface area contributed by atoms with E-state index >= 15 is 0 Å². The van der Waals surface area contributed by atoms with Crippen LogP contribution in [0.3, 0.4) is 0 Å². The van der Waals surface area contributed by atoms with Crippen molar-refractivity contribution in [3.8, 4) is 17.2 Å². The van der Waals surface area contributed by atoms with Gasteiger partial charge in [-0.1, -0.05) is 18.2 Å². The molecule has 0 radical (unpaired) electrons. The van der Waals surface area contributed by atoms with Crippen LogP contribution in [0, 0.1) is 0 Å². The van der Waals surface area contributed by atoms with Crippen molar-refractivity contribution in [1.29, 1.82) is 0 Å². The van der Waals surface area contributed by atoms with E-state index in [0.717, 1.165) is 0 Å². The molecule has 1 aliphatic heterocycles. The summed E-state index contributed by atoms with van der Waals surface area (Å²) in [5.74, 6) is -0.0135. The van der Waals surface area contributed by atoms with Crippen LogP contribution in [0.15, 0.2) is 48.2 Å². The van der Waals surface area contributed by atoms with Crippen LogP contribution in [0.5, 0.6) is 17.2 Å². The van der Waals surface area contributed by atoms with Gasteiger partial charge in [-0.3, -0.25) is 14.4 Å². The number of benzene rings is 2. The SMILES string of the molecule is COc1ccccc1C=C1Oc2cc(OCC(=O)NCCCC(=O)O)ccc2C1=O. The lowest BCUT2D eigenvalue weighted by Gasteiger charge is -2.08. The number of nitrogens with one attached hydrogen (secondary N) is 1. The second-order valence-corrected chi connectivity index (χ2v) is 6.48. The van der Waals surface area contributed by atoms with Gasteiger partial charge in [-0.2, -0.15) is 0 Å². The van der Waals surface area contributed by atoms with Crippen molar-refractivity contribution in [2.75, 3.05) is 20.3 Å². The molecule has 2 aromatic carbocycles. The van der Waals surface area contributed by atoms with E-state index in [9.17, 15) is 14.4 Å². The highest BCUT2D eigenvalue weighted by Gasteiger charge is 2.28. The molecule has 1 heterocycles. The van der Waals surface area contributed by atoms with Gasteiger partial charge >= 0.3 is 5.97 Å². The van der Waals surface area contributed by atoms with Crippen molar-refractivity contribution in [3.05, 3.63) is 59.4 Å². The van der Waals surface area contributed by atoms with Crippen molar-refractivity contribution in [1.82, 2.24) is 5.32 Å². The van der Waals surface area contributed by atoms with Gasteiger partial charge in [-0.15, -0.1) is 0 Å². The minimum absolute atomic E-state index is 0.0119. The van der Waals surface area contributed by atoms with Gasteiger partial charge in [-0.25, -0.2) is 0 Å². The molecule has 0 saturated carbocycles. The number of carbonyl (C=O) groups excluding carboxylic acids is 2. The summed E-state index contributed by atoms with van der Waals surface area (Å²) >= 11 is 0. The van der Waals surface area contributed by atoms with Crippen LogP contribution < -0.4 is 19.5 Å². The minimum atomic E-state index is -0.910. The zero-order valence-electron chi connectivity index (χ0n) is 16.3. The van der Waals surface area contributed by atoms with Crippen LogP contribution in [0.25, 0.3) is 6.08 Å². The molecular weight excluding hydrogens is 390 g/mol. The highest BCUT2D eigenvalue weighted by atomic mass is 16.5. The maximum Gasteiger partial charge on any atom is 0.303 e. The van der Waals surface area contributed by atoms with Crippen molar-refractivity contribution >= 4 is 23.7 Å². The van der Waals surface area contributed by atoms with Gasteiger partial charge in [0.2, 0.25) is 5.78 Å². The lowest BCUT2D eigenvalue weighted by atomic mass is 10.1. The predicted molar refractivity (Wildman–Crippen MR) is 108 cm³/mol. The molecule has 2 N–H and O–H groups in total. The number of ether oxygens (including phenoxy) is 3. The topological polar surface area (TPSA) is 111 Å². The summed E-state index contributed by atoms with van der Waals surface area (Å²) in [5, 5.41) is 11.1. The van der Waals surface area contributed by atoms with Crippen molar-refractivity contribution < 1.29 is 33.7 Å². The molecule has 3 rings (SSSR count). The molecule has 8 nitrogen and oxygen atoms in total. The van der Waals surface area contributed by atoms with Gasteiger partial charge in [0, 0.05) is 24.6 Å². The van der Waals surface area contributed by atoms with Crippen molar-refractivity contribution in [3.63, 3.8) is 0 Å². The zero-order chi connectivity index (χ0) is 21.5. The fourth-order valence-corrected chi connectivity index (χ4v) is 2.85. The third-order valence-corrected chi connectivity index (χ3v) is 4.33.